The lowest BCUT2D eigenvalue weighted by Crippen LogP contribution is -2.31. The van der Waals surface area contributed by atoms with Crippen molar-refractivity contribution < 1.29 is 4.79 Å². The van der Waals surface area contributed by atoms with Gasteiger partial charge in [0.25, 0.3) is 5.56 Å². The predicted octanol–water partition coefficient (Wildman–Crippen LogP) is 1.36. The van der Waals surface area contributed by atoms with Gasteiger partial charge in [0.15, 0.2) is 4.96 Å². The van der Waals surface area contributed by atoms with Gasteiger partial charge in [-0.3, -0.25) is 14.0 Å². The molecule has 0 radical (unpaired) electrons. The molecule has 0 atom stereocenters. The Morgan fingerprint density at radius 3 is 3.08 bits per heavy atom. The average Bonchev–Trinajstić information content (AvgIpc) is 3.26. The molecule has 126 valence electrons. The number of hydrogen-bond donors (Lipinski definition) is 3. The molecule has 3 heterocycles. The highest BCUT2D eigenvalue weighted by Gasteiger charge is 2.08. The second-order valence-corrected chi connectivity index (χ2v) is 6.24. The Morgan fingerprint density at radius 1 is 1.32 bits per heavy atom. The van der Waals surface area contributed by atoms with Crippen LogP contribution < -0.4 is 16.2 Å². The normalized spacial score (nSPS) is 11.0. The number of nitrogens with one attached hydrogen (secondary N) is 3. The monoisotopic (exact) mass is 354 g/mol. The molecule has 0 bridgehead atoms. The Labute approximate surface area is 145 Å². The summed E-state index contributed by atoms with van der Waals surface area (Å²) in [5, 5.41) is 7.37. The highest BCUT2D eigenvalue weighted by atomic mass is 32.1. The Hall–Kier alpha value is -3.20. The number of anilines is 1. The SMILES string of the molecule is O=C(CNc1cnc2sccn2c1=O)NCc1nc2ccccc2[nH]1. The lowest BCUT2D eigenvalue weighted by molar-refractivity contribution is -0.119. The number of carbonyl (C=O) groups excluding carboxylic acids is 1. The second-order valence-electron chi connectivity index (χ2n) is 5.36. The van der Waals surface area contributed by atoms with Gasteiger partial charge in [-0.2, -0.15) is 0 Å². The number of benzene rings is 1. The molecule has 0 unspecified atom stereocenters. The molecule has 8 nitrogen and oxygen atoms in total. The standard InChI is InChI=1S/C16H14N6O2S/c23-14(18-8-13-20-10-3-1-2-4-11(10)21-13)9-17-12-7-19-16-22(15(12)24)5-6-25-16/h1-7,17H,8-9H2,(H,18,23)(H,20,21). The third-order valence-electron chi connectivity index (χ3n) is 3.67. The van der Waals surface area contributed by atoms with Gasteiger partial charge in [-0.15, -0.1) is 11.3 Å². The number of amides is 1. The van der Waals surface area contributed by atoms with Crippen LogP contribution in [0.25, 0.3) is 16.0 Å². The summed E-state index contributed by atoms with van der Waals surface area (Å²) < 4.78 is 1.44. The van der Waals surface area contributed by atoms with Crippen LogP contribution in [0.1, 0.15) is 5.82 Å². The maximum absolute atomic E-state index is 12.2. The lowest BCUT2D eigenvalue weighted by Gasteiger charge is -2.06. The molecule has 0 aliphatic carbocycles. The van der Waals surface area contributed by atoms with E-state index >= 15 is 0 Å². The van der Waals surface area contributed by atoms with Gasteiger partial charge < -0.3 is 15.6 Å². The van der Waals surface area contributed by atoms with E-state index in [9.17, 15) is 9.59 Å². The highest BCUT2D eigenvalue weighted by Crippen LogP contribution is 2.10. The van der Waals surface area contributed by atoms with Crippen LogP contribution in [0.15, 0.2) is 46.8 Å². The van der Waals surface area contributed by atoms with E-state index < -0.39 is 0 Å². The average molecular weight is 354 g/mol. The van der Waals surface area contributed by atoms with Gasteiger partial charge in [0.1, 0.15) is 11.5 Å². The minimum atomic E-state index is -0.240. The fourth-order valence-corrected chi connectivity index (χ4v) is 3.13. The van der Waals surface area contributed by atoms with Crippen LogP contribution in [0.4, 0.5) is 5.69 Å². The van der Waals surface area contributed by atoms with Crippen LogP contribution in [-0.2, 0) is 11.3 Å². The molecule has 4 rings (SSSR count). The molecular weight excluding hydrogens is 340 g/mol. The van der Waals surface area contributed by atoms with Gasteiger partial charge in [-0.05, 0) is 12.1 Å². The van der Waals surface area contributed by atoms with E-state index in [0.29, 0.717) is 10.8 Å². The fraction of sp³-hybridized carbons (Fsp3) is 0.125. The van der Waals surface area contributed by atoms with Crippen molar-refractivity contribution in [2.75, 3.05) is 11.9 Å². The maximum Gasteiger partial charge on any atom is 0.281 e. The van der Waals surface area contributed by atoms with Crippen LogP contribution >= 0.6 is 11.3 Å². The van der Waals surface area contributed by atoms with E-state index in [0.717, 1.165) is 11.0 Å². The number of imidazole rings is 1. The first-order valence-corrected chi connectivity index (χ1v) is 8.48. The van der Waals surface area contributed by atoms with Crippen LogP contribution in [0.2, 0.25) is 0 Å². The summed E-state index contributed by atoms with van der Waals surface area (Å²) in [5.74, 6) is 0.436. The maximum atomic E-state index is 12.2. The third kappa shape index (κ3) is 3.09. The van der Waals surface area contributed by atoms with E-state index in [-0.39, 0.29) is 30.2 Å². The van der Waals surface area contributed by atoms with Crippen molar-refractivity contribution in [2.45, 2.75) is 6.54 Å². The smallest absolute Gasteiger partial charge is 0.281 e. The minimum Gasteiger partial charge on any atom is -0.370 e. The van der Waals surface area contributed by atoms with Crippen molar-refractivity contribution in [3.63, 3.8) is 0 Å². The number of carbonyl (C=O) groups is 1. The zero-order valence-corrected chi connectivity index (χ0v) is 13.8. The van der Waals surface area contributed by atoms with Crippen molar-refractivity contribution >= 4 is 38.9 Å². The Kier molecular flexibility index (Phi) is 3.90. The van der Waals surface area contributed by atoms with Crippen molar-refractivity contribution in [1.29, 1.82) is 0 Å². The van der Waals surface area contributed by atoms with E-state index in [1.807, 2.05) is 24.3 Å². The number of rotatable bonds is 5. The second kappa shape index (κ2) is 6.36. The number of para-hydroxylation sites is 2. The summed E-state index contributed by atoms with van der Waals surface area (Å²) in [7, 11) is 0. The van der Waals surface area contributed by atoms with E-state index in [4.69, 9.17) is 0 Å². The summed E-state index contributed by atoms with van der Waals surface area (Å²) in [6, 6.07) is 7.66. The summed E-state index contributed by atoms with van der Waals surface area (Å²) in [6.07, 6.45) is 3.10. The van der Waals surface area contributed by atoms with Crippen molar-refractivity contribution in [3.8, 4) is 0 Å². The van der Waals surface area contributed by atoms with Crippen LogP contribution in [-0.4, -0.2) is 31.8 Å². The number of nitrogens with zero attached hydrogens (tertiary/aromatic N) is 3. The number of aromatic amines is 1. The van der Waals surface area contributed by atoms with Crippen molar-refractivity contribution in [1.82, 2.24) is 24.7 Å². The minimum absolute atomic E-state index is 0.0205. The lowest BCUT2D eigenvalue weighted by atomic mass is 10.3. The molecule has 1 aromatic carbocycles. The summed E-state index contributed by atoms with van der Waals surface area (Å²) >= 11 is 1.38. The van der Waals surface area contributed by atoms with Gasteiger partial charge in [-0.25, -0.2) is 9.97 Å². The molecule has 4 aromatic rings. The summed E-state index contributed by atoms with van der Waals surface area (Å²) in [6.45, 7) is 0.267. The van der Waals surface area contributed by atoms with Crippen molar-refractivity contribution in [3.05, 3.63) is 58.2 Å². The largest absolute Gasteiger partial charge is 0.370 e. The third-order valence-corrected chi connectivity index (χ3v) is 4.44. The molecule has 0 aliphatic rings. The van der Waals surface area contributed by atoms with Crippen LogP contribution in [0.3, 0.4) is 0 Å². The first-order valence-electron chi connectivity index (χ1n) is 7.60. The summed E-state index contributed by atoms with van der Waals surface area (Å²) in [4.78, 5) is 36.5. The van der Waals surface area contributed by atoms with Gasteiger partial charge in [0.05, 0.1) is 30.3 Å². The van der Waals surface area contributed by atoms with Gasteiger partial charge in [0, 0.05) is 11.6 Å². The van der Waals surface area contributed by atoms with E-state index in [2.05, 4.69) is 25.6 Å². The molecule has 0 fully saturated rings. The first kappa shape index (κ1) is 15.3. The molecule has 25 heavy (non-hydrogen) atoms. The molecule has 1 amide bonds. The molecule has 0 saturated carbocycles. The zero-order chi connectivity index (χ0) is 17.2. The predicted molar refractivity (Wildman–Crippen MR) is 95.8 cm³/mol. The number of aromatic nitrogens is 4. The Balaban J connectivity index is 1.37. The molecule has 0 spiro atoms. The van der Waals surface area contributed by atoms with E-state index in [1.54, 1.807) is 11.6 Å². The number of fused-ring (bicyclic) bond motifs is 2. The summed E-state index contributed by atoms with van der Waals surface area (Å²) in [5.41, 5.74) is 1.84. The number of thiazole rings is 1. The Morgan fingerprint density at radius 2 is 2.20 bits per heavy atom. The van der Waals surface area contributed by atoms with Gasteiger partial charge in [0.2, 0.25) is 5.91 Å². The zero-order valence-electron chi connectivity index (χ0n) is 13.0. The van der Waals surface area contributed by atoms with Crippen LogP contribution in [0.5, 0.6) is 0 Å². The first-order chi connectivity index (χ1) is 12.2. The number of hydrogen-bond acceptors (Lipinski definition) is 6. The fourth-order valence-electron chi connectivity index (χ4n) is 2.46. The molecule has 3 N–H and O–H groups in total. The molecule has 9 heteroatoms. The van der Waals surface area contributed by atoms with Crippen molar-refractivity contribution in [2.24, 2.45) is 0 Å². The van der Waals surface area contributed by atoms with Crippen LogP contribution in [0, 0.1) is 0 Å². The topological polar surface area (TPSA) is 104 Å². The van der Waals surface area contributed by atoms with Gasteiger partial charge >= 0.3 is 0 Å². The molecule has 0 aliphatic heterocycles. The quantitative estimate of drug-likeness (QED) is 0.502. The number of H-pyrrole nitrogens is 1. The van der Waals surface area contributed by atoms with E-state index in [1.165, 1.54) is 21.9 Å². The molecule has 0 saturated heterocycles. The Bertz CT molecular complexity index is 1080. The molecule has 3 aromatic heterocycles. The van der Waals surface area contributed by atoms with Gasteiger partial charge in [-0.1, -0.05) is 12.1 Å². The highest BCUT2D eigenvalue weighted by molar-refractivity contribution is 7.15. The molecular formula is C16H14N6O2S.